The molecule has 1 amide bonds. The first-order valence-electron chi connectivity index (χ1n) is 6.52. The van der Waals surface area contributed by atoms with E-state index in [1.807, 2.05) is 25.1 Å². The number of halogens is 1. The number of benzene rings is 2. The van der Waals surface area contributed by atoms with E-state index in [0.29, 0.717) is 6.42 Å². The summed E-state index contributed by atoms with van der Waals surface area (Å²) >= 11 is 3.38. The Morgan fingerprint density at radius 2 is 1.95 bits per heavy atom. The number of carbonyl (C=O) groups is 1. The van der Waals surface area contributed by atoms with Crippen LogP contribution in [0, 0.1) is 0 Å². The highest BCUT2D eigenvalue weighted by Crippen LogP contribution is 2.16. The average Bonchev–Trinajstić information content (AvgIpc) is 2.38. The average molecular weight is 320 g/mol. The van der Waals surface area contributed by atoms with Crippen LogP contribution in [0.1, 0.15) is 18.9 Å². The van der Waals surface area contributed by atoms with E-state index in [2.05, 4.69) is 45.5 Å². The summed E-state index contributed by atoms with van der Waals surface area (Å²) in [5.74, 6) is 0.0868. The molecule has 2 aromatic rings. The van der Waals surface area contributed by atoms with Gasteiger partial charge in [0.15, 0.2) is 0 Å². The van der Waals surface area contributed by atoms with E-state index in [0.717, 1.165) is 17.3 Å². The van der Waals surface area contributed by atoms with Gasteiger partial charge >= 0.3 is 0 Å². The predicted molar refractivity (Wildman–Crippen MR) is 83.7 cm³/mol. The Labute approximate surface area is 122 Å². The van der Waals surface area contributed by atoms with E-state index in [-0.39, 0.29) is 11.9 Å². The lowest BCUT2D eigenvalue weighted by Gasteiger charge is -2.12. The van der Waals surface area contributed by atoms with Crippen molar-refractivity contribution in [2.45, 2.75) is 25.8 Å². The number of amides is 1. The molecule has 2 rings (SSSR count). The fourth-order valence-corrected chi connectivity index (χ4v) is 2.78. The minimum atomic E-state index is 0.0868. The Kier molecular flexibility index (Phi) is 4.97. The topological polar surface area (TPSA) is 29.1 Å². The summed E-state index contributed by atoms with van der Waals surface area (Å²) in [5.41, 5.74) is 1.06. The van der Waals surface area contributed by atoms with Crippen LogP contribution in [0.25, 0.3) is 10.8 Å². The molecule has 1 atom stereocenters. The summed E-state index contributed by atoms with van der Waals surface area (Å²) < 4.78 is 0. The highest BCUT2D eigenvalue weighted by molar-refractivity contribution is 9.09. The Balaban J connectivity index is 2.02. The molecule has 1 unspecified atom stereocenters. The summed E-state index contributed by atoms with van der Waals surface area (Å²) in [4.78, 5) is 11.9. The molecule has 0 radical (unpaired) electrons. The molecule has 100 valence electrons. The summed E-state index contributed by atoms with van der Waals surface area (Å²) in [5, 5.41) is 6.31. The van der Waals surface area contributed by atoms with Gasteiger partial charge in [-0.25, -0.2) is 0 Å². The number of hydrogen-bond acceptors (Lipinski definition) is 1. The van der Waals surface area contributed by atoms with Crippen molar-refractivity contribution in [1.29, 1.82) is 0 Å². The van der Waals surface area contributed by atoms with Crippen LogP contribution in [0.4, 0.5) is 0 Å². The fraction of sp³-hybridized carbons (Fsp3) is 0.312. The van der Waals surface area contributed by atoms with E-state index >= 15 is 0 Å². The summed E-state index contributed by atoms with van der Waals surface area (Å²) in [7, 11) is 0. The SMILES string of the molecule is CC(CCBr)NC(=O)Cc1ccc2ccccc2c1. The number of carbonyl (C=O) groups excluding carboxylic acids is 1. The number of alkyl halides is 1. The lowest BCUT2D eigenvalue weighted by Crippen LogP contribution is -2.33. The fourth-order valence-electron chi connectivity index (χ4n) is 2.10. The Morgan fingerprint density at radius 3 is 2.68 bits per heavy atom. The molecule has 0 aromatic heterocycles. The second kappa shape index (κ2) is 6.71. The third-order valence-corrected chi connectivity index (χ3v) is 3.59. The largest absolute Gasteiger partial charge is 0.353 e. The van der Waals surface area contributed by atoms with Gasteiger partial charge in [0, 0.05) is 11.4 Å². The molecule has 0 aliphatic heterocycles. The van der Waals surface area contributed by atoms with Crippen molar-refractivity contribution >= 4 is 32.6 Å². The van der Waals surface area contributed by atoms with E-state index in [1.54, 1.807) is 0 Å². The van der Waals surface area contributed by atoms with Crippen LogP contribution >= 0.6 is 15.9 Å². The minimum absolute atomic E-state index is 0.0868. The third-order valence-electron chi connectivity index (χ3n) is 3.13. The molecule has 0 aliphatic rings. The highest BCUT2D eigenvalue weighted by atomic mass is 79.9. The molecule has 19 heavy (non-hydrogen) atoms. The van der Waals surface area contributed by atoms with Gasteiger partial charge in [-0.3, -0.25) is 4.79 Å². The lowest BCUT2D eigenvalue weighted by atomic mass is 10.0. The van der Waals surface area contributed by atoms with Crippen LogP contribution in [0.2, 0.25) is 0 Å². The van der Waals surface area contributed by atoms with Crippen LogP contribution in [0.15, 0.2) is 42.5 Å². The molecule has 0 heterocycles. The maximum atomic E-state index is 11.9. The van der Waals surface area contributed by atoms with Crippen molar-refractivity contribution in [1.82, 2.24) is 5.32 Å². The minimum Gasteiger partial charge on any atom is -0.353 e. The second-order valence-corrected chi connectivity index (χ2v) is 5.60. The second-order valence-electron chi connectivity index (χ2n) is 4.80. The summed E-state index contributed by atoms with van der Waals surface area (Å²) in [6.07, 6.45) is 1.39. The van der Waals surface area contributed by atoms with Crippen molar-refractivity contribution < 1.29 is 4.79 Å². The summed E-state index contributed by atoms with van der Waals surface area (Å²) in [6, 6.07) is 14.6. The van der Waals surface area contributed by atoms with Gasteiger partial charge in [-0.1, -0.05) is 58.4 Å². The molecule has 3 heteroatoms. The molecule has 1 N–H and O–H groups in total. The number of rotatable bonds is 5. The van der Waals surface area contributed by atoms with Gasteiger partial charge in [-0.15, -0.1) is 0 Å². The zero-order valence-electron chi connectivity index (χ0n) is 11.0. The first-order valence-corrected chi connectivity index (χ1v) is 7.64. The van der Waals surface area contributed by atoms with Gasteiger partial charge < -0.3 is 5.32 Å². The van der Waals surface area contributed by atoms with Gasteiger partial charge in [0.25, 0.3) is 0 Å². The van der Waals surface area contributed by atoms with Crippen molar-refractivity contribution in [3.63, 3.8) is 0 Å². The molecule has 2 nitrogen and oxygen atoms in total. The van der Waals surface area contributed by atoms with E-state index < -0.39 is 0 Å². The predicted octanol–water partition coefficient (Wildman–Crippen LogP) is 3.67. The van der Waals surface area contributed by atoms with Crippen molar-refractivity contribution in [3.8, 4) is 0 Å². The van der Waals surface area contributed by atoms with Crippen LogP contribution < -0.4 is 5.32 Å². The molecule has 0 aliphatic carbocycles. The quantitative estimate of drug-likeness (QED) is 0.837. The Bertz CT molecular complexity index is 567. The lowest BCUT2D eigenvalue weighted by molar-refractivity contribution is -0.121. The van der Waals surface area contributed by atoms with Crippen molar-refractivity contribution in [2.24, 2.45) is 0 Å². The Hall–Kier alpha value is -1.35. The van der Waals surface area contributed by atoms with Crippen LogP contribution in [0.5, 0.6) is 0 Å². The maximum absolute atomic E-state index is 11.9. The maximum Gasteiger partial charge on any atom is 0.224 e. The zero-order chi connectivity index (χ0) is 13.7. The van der Waals surface area contributed by atoms with Crippen LogP contribution in [0.3, 0.4) is 0 Å². The zero-order valence-corrected chi connectivity index (χ0v) is 12.6. The number of fused-ring (bicyclic) bond motifs is 1. The molecular weight excluding hydrogens is 302 g/mol. The van der Waals surface area contributed by atoms with Crippen LogP contribution in [-0.2, 0) is 11.2 Å². The highest BCUT2D eigenvalue weighted by Gasteiger charge is 2.07. The van der Waals surface area contributed by atoms with Gasteiger partial charge in [0.2, 0.25) is 5.91 Å². The number of nitrogens with one attached hydrogen (secondary N) is 1. The molecule has 0 spiro atoms. The smallest absolute Gasteiger partial charge is 0.224 e. The summed E-state index contributed by atoms with van der Waals surface area (Å²) in [6.45, 7) is 2.03. The monoisotopic (exact) mass is 319 g/mol. The van der Waals surface area contributed by atoms with E-state index in [1.165, 1.54) is 10.8 Å². The normalized spacial score (nSPS) is 12.3. The standard InChI is InChI=1S/C16H18BrNO/c1-12(8-9-17)18-16(19)11-13-6-7-14-4-2-3-5-15(14)10-13/h2-7,10,12H,8-9,11H2,1H3,(H,18,19). The molecule has 2 aromatic carbocycles. The number of hydrogen-bond donors (Lipinski definition) is 1. The Morgan fingerprint density at radius 1 is 1.21 bits per heavy atom. The van der Waals surface area contributed by atoms with Gasteiger partial charge in [0.05, 0.1) is 6.42 Å². The van der Waals surface area contributed by atoms with Gasteiger partial charge in [0.1, 0.15) is 0 Å². The van der Waals surface area contributed by atoms with Crippen LogP contribution in [-0.4, -0.2) is 17.3 Å². The first kappa shape index (κ1) is 14.1. The van der Waals surface area contributed by atoms with E-state index in [9.17, 15) is 4.79 Å². The molecular formula is C16H18BrNO. The molecule has 0 bridgehead atoms. The van der Waals surface area contributed by atoms with Crippen molar-refractivity contribution in [3.05, 3.63) is 48.0 Å². The molecule has 0 saturated carbocycles. The molecule has 0 fully saturated rings. The van der Waals surface area contributed by atoms with Gasteiger partial charge in [-0.05, 0) is 29.7 Å². The van der Waals surface area contributed by atoms with Crippen molar-refractivity contribution in [2.75, 3.05) is 5.33 Å². The van der Waals surface area contributed by atoms with Gasteiger partial charge in [-0.2, -0.15) is 0 Å². The third kappa shape index (κ3) is 4.06. The first-order chi connectivity index (χ1) is 9.19. The molecule has 0 saturated heterocycles. The van der Waals surface area contributed by atoms with E-state index in [4.69, 9.17) is 0 Å².